The third-order valence-corrected chi connectivity index (χ3v) is 4.68. The van der Waals surface area contributed by atoms with Gasteiger partial charge in [-0.25, -0.2) is 0 Å². The fourth-order valence-corrected chi connectivity index (χ4v) is 3.32. The quantitative estimate of drug-likeness (QED) is 0.670. The highest BCUT2D eigenvalue weighted by molar-refractivity contribution is 8.08. The van der Waals surface area contributed by atoms with Gasteiger partial charge in [0.2, 0.25) is 0 Å². The number of hydrogen-bond acceptors (Lipinski definition) is 2. The number of allylic oxidation sites excluding steroid dienone is 1. The molecular weight excluding hydrogens is 232 g/mol. The van der Waals surface area contributed by atoms with Crippen LogP contribution in [0.4, 0.5) is 0 Å². The molecule has 2 rings (SSSR count). The van der Waals surface area contributed by atoms with Crippen LogP contribution < -0.4 is 0 Å². The fraction of sp³-hybridized carbons (Fsp3) is 0.143. The van der Waals surface area contributed by atoms with Crippen LogP contribution in [0.3, 0.4) is 0 Å². The summed E-state index contributed by atoms with van der Waals surface area (Å²) in [5, 5.41) is 2.15. The van der Waals surface area contributed by atoms with E-state index in [4.69, 9.17) is 0 Å². The summed E-state index contributed by atoms with van der Waals surface area (Å²) in [7, 11) is 0. The van der Waals surface area contributed by atoms with Crippen molar-refractivity contribution in [3.05, 3.63) is 58.3 Å². The molecule has 0 unspecified atom stereocenters. The maximum Gasteiger partial charge on any atom is 0.0258 e. The van der Waals surface area contributed by atoms with Crippen LogP contribution in [0.15, 0.2) is 52.7 Å². The Morgan fingerprint density at radius 3 is 2.50 bits per heavy atom. The standard InChI is InChI=1S/C14H14S2/c1-3-13(12-7-5-4-6-8-12)16-14-9-10-15-11(14)2/h3-10H,1-2H3/b13-3-. The molecule has 0 saturated carbocycles. The minimum atomic E-state index is 1.29. The molecule has 0 bridgehead atoms. The maximum absolute atomic E-state index is 2.19. The lowest BCUT2D eigenvalue weighted by molar-refractivity contribution is 1.43. The average molecular weight is 246 g/mol. The molecule has 0 aliphatic carbocycles. The van der Waals surface area contributed by atoms with Crippen LogP contribution in [0.25, 0.3) is 4.91 Å². The first kappa shape index (κ1) is 11.5. The van der Waals surface area contributed by atoms with E-state index in [1.54, 1.807) is 11.3 Å². The van der Waals surface area contributed by atoms with Crippen LogP contribution >= 0.6 is 23.1 Å². The van der Waals surface area contributed by atoms with Gasteiger partial charge in [-0.05, 0) is 30.9 Å². The van der Waals surface area contributed by atoms with Gasteiger partial charge in [-0.3, -0.25) is 0 Å². The van der Waals surface area contributed by atoms with Crippen molar-refractivity contribution in [3.8, 4) is 0 Å². The van der Waals surface area contributed by atoms with E-state index in [1.165, 1.54) is 20.2 Å². The highest BCUT2D eigenvalue weighted by Crippen LogP contribution is 2.37. The van der Waals surface area contributed by atoms with Crippen molar-refractivity contribution in [1.82, 2.24) is 0 Å². The molecule has 1 aromatic heterocycles. The number of aryl methyl sites for hydroxylation is 1. The smallest absolute Gasteiger partial charge is 0.0258 e. The molecule has 2 heteroatoms. The number of rotatable bonds is 3. The summed E-state index contributed by atoms with van der Waals surface area (Å²) >= 11 is 3.65. The third kappa shape index (κ3) is 2.57. The molecule has 0 aliphatic heterocycles. The Balaban J connectivity index is 2.24. The van der Waals surface area contributed by atoms with Gasteiger partial charge in [-0.2, -0.15) is 0 Å². The van der Waals surface area contributed by atoms with Gasteiger partial charge in [0.15, 0.2) is 0 Å². The first-order valence-electron chi connectivity index (χ1n) is 5.25. The summed E-state index contributed by atoms with van der Waals surface area (Å²) in [4.78, 5) is 4.07. The number of benzene rings is 1. The molecular formula is C14H14S2. The zero-order valence-electron chi connectivity index (χ0n) is 9.44. The number of thiophene rings is 1. The predicted molar refractivity (Wildman–Crippen MR) is 75.0 cm³/mol. The van der Waals surface area contributed by atoms with E-state index >= 15 is 0 Å². The van der Waals surface area contributed by atoms with Crippen LogP contribution in [0.5, 0.6) is 0 Å². The number of hydrogen-bond donors (Lipinski definition) is 0. The van der Waals surface area contributed by atoms with Crippen LogP contribution in [0.2, 0.25) is 0 Å². The van der Waals surface area contributed by atoms with E-state index in [-0.39, 0.29) is 0 Å². The first-order valence-corrected chi connectivity index (χ1v) is 6.94. The summed E-state index contributed by atoms with van der Waals surface area (Å²) in [5.74, 6) is 0. The molecule has 0 spiro atoms. The summed E-state index contributed by atoms with van der Waals surface area (Å²) in [6.07, 6.45) is 2.18. The molecule has 0 saturated heterocycles. The second-order valence-electron chi connectivity index (χ2n) is 3.46. The van der Waals surface area contributed by atoms with E-state index < -0.39 is 0 Å². The Kier molecular flexibility index (Phi) is 3.86. The summed E-state index contributed by atoms with van der Waals surface area (Å²) in [6, 6.07) is 12.7. The Morgan fingerprint density at radius 2 is 1.94 bits per heavy atom. The SMILES string of the molecule is C/C=C(\Sc1ccsc1C)c1ccccc1. The summed E-state index contributed by atoms with van der Waals surface area (Å²) < 4.78 is 0. The summed E-state index contributed by atoms with van der Waals surface area (Å²) in [5.41, 5.74) is 1.29. The van der Waals surface area contributed by atoms with E-state index in [0.717, 1.165) is 0 Å². The first-order chi connectivity index (χ1) is 7.81. The molecule has 0 amide bonds. The second kappa shape index (κ2) is 5.37. The lowest BCUT2D eigenvalue weighted by atomic mass is 10.2. The largest absolute Gasteiger partial charge is 0.148 e. The van der Waals surface area contributed by atoms with Crippen LogP contribution in [0.1, 0.15) is 17.4 Å². The van der Waals surface area contributed by atoms with E-state index in [2.05, 4.69) is 61.7 Å². The van der Waals surface area contributed by atoms with Gasteiger partial charge in [0.05, 0.1) is 0 Å². The molecule has 0 N–H and O–H groups in total. The average Bonchev–Trinajstić information content (AvgIpc) is 2.73. The number of thioether (sulfide) groups is 1. The molecule has 0 aliphatic rings. The van der Waals surface area contributed by atoms with Gasteiger partial charge in [-0.15, -0.1) is 11.3 Å². The molecule has 1 aromatic carbocycles. The maximum atomic E-state index is 2.19. The Morgan fingerprint density at radius 1 is 1.19 bits per heavy atom. The van der Waals surface area contributed by atoms with Crippen molar-refractivity contribution >= 4 is 28.0 Å². The molecule has 0 fully saturated rings. The molecule has 16 heavy (non-hydrogen) atoms. The van der Waals surface area contributed by atoms with Gasteiger partial charge in [0.25, 0.3) is 0 Å². The van der Waals surface area contributed by atoms with Gasteiger partial charge in [0, 0.05) is 14.7 Å². The molecule has 82 valence electrons. The third-order valence-electron chi connectivity index (χ3n) is 2.35. The minimum Gasteiger partial charge on any atom is -0.148 e. The zero-order chi connectivity index (χ0) is 11.4. The lowest BCUT2D eigenvalue weighted by Gasteiger charge is -2.06. The normalized spacial score (nSPS) is 11.8. The van der Waals surface area contributed by atoms with Crippen LogP contribution in [-0.4, -0.2) is 0 Å². The zero-order valence-corrected chi connectivity index (χ0v) is 11.1. The van der Waals surface area contributed by atoms with Crippen molar-refractivity contribution in [2.45, 2.75) is 18.7 Å². The molecule has 0 radical (unpaired) electrons. The van der Waals surface area contributed by atoms with Crippen LogP contribution in [0, 0.1) is 6.92 Å². The van der Waals surface area contributed by atoms with Crippen molar-refractivity contribution in [1.29, 1.82) is 0 Å². The minimum absolute atomic E-state index is 1.29. The van der Waals surface area contributed by atoms with E-state index in [0.29, 0.717) is 0 Å². The van der Waals surface area contributed by atoms with Gasteiger partial charge in [-0.1, -0.05) is 48.2 Å². The summed E-state index contributed by atoms with van der Waals surface area (Å²) in [6.45, 7) is 4.27. The molecule has 0 atom stereocenters. The lowest BCUT2D eigenvalue weighted by Crippen LogP contribution is -1.79. The topological polar surface area (TPSA) is 0 Å². The van der Waals surface area contributed by atoms with Gasteiger partial charge in [0.1, 0.15) is 0 Å². The second-order valence-corrected chi connectivity index (χ2v) is 5.67. The molecule has 2 aromatic rings. The van der Waals surface area contributed by atoms with Gasteiger partial charge < -0.3 is 0 Å². The van der Waals surface area contributed by atoms with E-state index in [9.17, 15) is 0 Å². The fourth-order valence-electron chi connectivity index (χ4n) is 1.48. The van der Waals surface area contributed by atoms with E-state index in [1.807, 2.05) is 11.8 Å². The van der Waals surface area contributed by atoms with Gasteiger partial charge >= 0.3 is 0 Å². The highest BCUT2D eigenvalue weighted by atomic mass is 32.2. The van der Waals surface area contributed by atoms with Crippen molar-refractivity contribution in [3.63, 3.8) is 0 Å². The molecule has 1 heterocycles. The van der Waals surface area contributed by atoms with Crippen molar-refractivity contribution in [2.75, 3.05) is 0 Å². The monoisotopic (exact) mass is 246 g/mol. The highest BCUT2D eigenvalue weighted by Gasteiger charge is 2.05. The van der Waals surface area contributed by atoms with Crippen molar-refractivity contribution < 1.29 is 0 Å². The Hall–Kier alpha value is -0.990. The Labute approximate surface area is 105 Å². The Bertz CT molecular complexity index is 480. The van der Waals surface area contributed by atoms with Crippen LogP contribution in [-0.2, 0) is 0 Å². The van der Waals surface area contributed by atoms with Crippen molar-refractivity contribution in [2.24, 2.45) is 0 Å². The predicted octanol–water partition coefficient (Wildman–Crippen LogP) is 5.21. The molecule has 0 nitrogen and oxygen atoms in total.